The van der Waals surface area contributed by atoms with Crippen molar-refractivity contribution >= 4 is 28.3 Å². The van der Waals surface area contributed by atoms with Gasteiger partial charge in [0.15, 0.2) is 0 Å². The van der Waals surface area contributed by atoms with Gasteiger partial charge in [-0.25, -0.2) is 17.1 Å². The zero-order valence-electron chi connectivity index (χ0n) is 13.0. The zero-order valence-corrected chi connectivity index (χ0v) is 14.6. The van der Waals surface area contributed by atoms with E-state index in [9.17, 15) is 17.6 Å². The molecule has 0 spiro atoms. The Hall–Kier alpha value is -1.22. The van der Waals surface area contributed by atoms with E-state index in [4.69, 9.17) is 5.73 Å². The van der Waals surface area contributed by atoms with Crippen LogP contribution in [0.3, 0.4) is 0 Å². The zero-order chi connectivity index (χ0) is 16.6. The van der Waals surface area contributed by atoms with Crippen LogP contribution in [-0.2, 0) is 14.8 Å². The van der Waals surface area contributed by atoms with Crippen molar-refractivity contribution in [2.45, 2.75) is 24.2 Å². The lowest BCUT2D eigenvalue weighted by molar-refractivity contribution is -0.121. The summed E-state index contributed by atoms with van der Waals surface area (Å²) in [6, 6.07) is 4.65. The van der Waals surface area contributed by atoms with Gasteiger partial charge in [-0.3, -0.25) is 4.79 Å². The smallest absolute Gasteiger partial charge is 0.242 e. The molecule has 0 saturated heterocycles. The molecule has 0 bridgehead atoms. The molecule has 1 aromatic carbocycles. The molecule has 0 aliphatic heterocycles. The molecular weight excluding hydrogens is 345 g/mol. The van der Waals surface area contributed by atoms with Crippen molar-refractivity contribution < 1.29 is 17.6 Å². The quantitative estimate of drug-likeness (QED) is 0.639. The first-order valence-electron chi connectivity index (χ1n) is 7.06. The van der Waals surface area contributed by atoms with E-state index < -0.39 is 15.8 Å². The summed E-state index contributed by atoms with van der Waals surface area (Å²) < 4.78 is 38.4. The van der Waals surface area contributed by atoms with Crippen LogP contribution in [0.1, 0.15) is 19.3 Å². The topological polar surface area (TPSA) is 92.5 Å². The Balaban J connectivity index is 0.00000484. The van der Waals surface area contributed by atoms with E-state index in [1.165, 1.54) is 19.2 Å². The van der Waals surface area contributed by atoms with Crippen molar-refractivity contribution in [2.24, 2.45) is 5.73 Å². The third-order valence-electron chi connectivity index (χ3n) is 3.10. The van der Waals surface area contributed by atoms with Gasteiger partial charge in [0.1, 0.15) is 5.82 Å². The molecule has 0 atom stereocenters. The lowest BCUT2D eigenvalue weighted by atomic mass is 10.3. The fourth-order valence-corrected chi connectivity index (χ4v) is 3.00. The number of benzene rings is 1. The number of carbonyl (C=O) groups excluding carboxylic acids is 1. The van der Waals surface area contributed by atoms with Crippen LogP contribution in [0.15, 0.2) is 29.2 Å². The van der Waals surface area contributed by atoms with Gasteiger partial charge in [0.25, 0.3) is 0 Å². The average molecular weight is 368 g/mol. The number of hydrogen-bond acceptors (Lipinski definition) is 4. The summed E-state index contributed by atoms with van der Waals surface area (Å²) in [5.74, 6) is -0.614. The molecule has 0 fully saturated rings. The SMILES string of the molecule is CN(CCCC(=O)NCCCN)S(=O)(=O)c1ccc(F)cc1.Cl. The van der Waals surface area contributed by atoms with E-state index in [0.29, 0.717) is 25.9 Å². The van der Waals surface area contributed by atoms with E-state index in [1.807, 2.05) is 0 Å². The summed E-state index contributed by atoms with van der Waals surface area (Å²) >= 11 is 0. The van der Waals surface area contributed by atoms with Crippen LogP contribution < -0.4 is 11.1 Å². The normalized spacial score (nSPS) is 11.1. The Kier molecular flexibility index (Phi) is 9.98. The summed E-state index contributed by atoms with van der Waals surface area (Å²) in [6.45, 7) is 1.25. The molecule has 0 aliphatic rings. The maximum atomic E-state index is 12.8. The number of nitrogens with zero attached hydrogens (tertiary/aromatic N) is 1. The minimum Gasteiger partial charge on any atom is -0.356 e. The molecule has 1 rings (SSSR count). The largest absolute Gasteiger partial charge is 0.356 e. The van der Waals surface area contributed by atoms with Gasteiger partial charge in [0.05, 0.1) is 4.90 Å². The highest BCUT2D eigenvalue weighted by Crippen LogP contribution is 2.15. The van der Waals surface area contributed by atoms with E-state index >= 15 is 0 Å². The fraction of sp³-hybridized carbons (Fsp3) is 0.500. The summed E-state index contributed by atoms with van der Waals surface area (Å²) in [5, 5.41) is 2.71. The van der Waals surface area contributed by atoms with Crippen molar-refractivity contribution in [3.05, 3.63) is 30.1 Å². The number of carbonyl (C=O) groups is 1. The molecule has 1 aromatic rings. The lowest BCUT2D eigenvalue weighted by Gasteiger charge is -2.17. The molecule has 9 heteroatoms. The lowest BCUT2D eigenvalue weighted by Crippen LogP contribution is -2.30. The summed E-state index contributed by atoms with van der Waals surface area (Å²) in [4.78, 5) is 11.5. The van der Waals surface area contributed by atoms with Crippen LogP contribution in [0.4, 0.5) is 4.39 Å². The maximum Gasteiger partial charge on any atom is 0.242 e. The van der Waals surface area contributed by atoms with Crippen molar-refractivity contribution in [1.29, 1.82) is 0 Å². The van der Waals surface area contributed by atoms with Crippen molar-refractivity contribution in [3.63, 3.8) is 0 Å². The maximum absolute atomic E-state index is 12.8. The standard InChI is InChI=1S/C14H22FN3O3S.ClH/c1-18(11-2-4-14(19)17-10-3-9-16)22(20,21)13-7-5-12(15)6-8-13;/h5-8H,2-4,9-11,16H2,1H3,(H,17,19);1H. The van der Waals surface area contributed by atoms with Crippen LogP contribution in [0.5, 0.6) is 0 Å². The third-order valence-corrected chi connectivity index (χ3v) is 4.97. The van der Waals surface area contributed by atoms with Gasteiger partial charge in [0, 0.05) is 26.6 Å². The van der Waals surface area contributed by atoms with E-state index in [2.05, 4.69) is 5.32 Å². The molecule has 0 aliphatic carbocycles. The first-order chi connectivity index (χ1) is 10.4. The van der Waals surface area contributed by atoms with Crippen LogP contribution >= 0.6 is 12.4 Å². The van der Waals surface area contributed by atoms with Gasteiger partial charge >= 0.3 is 0 Å². The Bertz CT molecular complexity index is 581. The number of nitrogens with two attached hydrogens (primary N) is 1. The minimum absolute atomic E-state index is 0. The molecule has 0 heterocycles. The minimum atomic E-state index is -3.66. The van der Waals surface area contributed by atoms with E-state index in [1.54, 1.807) is 0 Å². The van der Waals surface area contributed by atoms with Gasteiger partial charge < -0.3 is 11.1 Å². The molecular formula is C14H23ClFN3O3S. The van der Waals surface area contributed by atoms with Gasteiger partial charge in [-0.15, -0.1) is 12.4 Å². The number of hydrogen-bond donors (Lipinski definition) is 2. The monoisotopic (exact) mass is 367 g/mol. The van der Waals surface area contributed by atoms with Crippen LogP contribution in [-0.4, -0.2) is 45.3 Å². The van der Waals surface area contributed by atoms with Crippen molar-refractivity contribution in [2.75, 3.05) is 26.7 Å². The molecule has 0 unspecified atom stereocenters. The molecule has 23 heavy (non-hydrogen) atoms. The summed E-state index contributed by atoms with van der Waals surface area (Å²) in [6.07, 6.45) is 1.36. The highest BCUT2D eigenvalue weighted by atomic mass is 35.5. The van der Waals surface area contributed by atoms with E-state index in [-0.39, 0.29) is 36.2 Å². The Morgan fingerprint density at radius 1 is 1.26 bits per heavy atom. The number of halogens is 2. The van der Waals surface area contributed by atoms with Crippen LogP contribution in [0, 0.1) is 5.82 Å². The van der Waals surface area contributed by atoms with Crippen molar-refractivity contribution in [3.8, 4) is 0 Å². The van der Waals surface area contributed by atoms with Crippen molar-refractivity contribution in [1.82, 2.24) is 9.62 Å². The molecule has 0 aromatic heterocycles. The predicted octanol–water partition coefficient (Wildman–Crippen LogP) is 1.11. The molecule has 0 saturated carbocycles. The highest BCUT2D eigenvalue weighted by Gasteiger charge is 2.20. The third kappa shape index (κ3) is 7.26. The second-order valence-electron chi connectivity index (χ2n) is 4.88. The summed E-state index contributed by atoms with van der Waals surface area (Å²) in [7, 11) is -2.22. The van der Waals surface area contributed by atoms with E-state index in [0.717, 1.165) is 16.4 Å². The molecule has 6 nitrogen and oxygen atoms in total. The Morgan fingerprint density at radius 3 is 2.43 bits per heavy atom. The predicted molar refractivity (Wildman–Crippen MR) is 89.4 cm³/mol. The Labute approximate surface area is 142 Å². The molecule has 3 N–H and O–H groups in total. The number of sulfonamides is 1. The molecule has 1 amide bonds. The van der Waals surface area contributed by atoms with Gasteiger partial charge in [0.2, 0.25) is 15.9 Å². The van der Waals surface area contributed by atoms with Gasteiger partial charge in [-0.05, 0) is 43.7 Å². The number of nitrogens with one attached hydrogen (secondary N) is 1. The second-order valence-corrected chi connectivity index (χ2v) is 6.92. The molecule has 0 radical (unpaired) electrons. The van der Waals surface area contributed by atoms with Gasteiger partial charge in [-0.2, -0.15) is 0 Å². The first kappa shape index (κ1) is 21.8. The second kappa shape index (κ2) is 10.5. The average Bonchev–Trinajstić information content (AvgIpc) is 2.47. The highest BCUT2D eigenvalue weighted by molar-refractivity contribution is 7.89. The van der Waals surface area contributed by atoms with Crippen LogP contribution in [0.2, 0.25) is 0 Å². The summed E-state index contributed by atoms with van der Waals surface area (Å²) in [5.41, 5.74) is 5.32. The van der Waals surface area contributed by atoms with Crippen LogP contribution in [0.25, 0.3) is 0 Å². The molecule has 132 valence electrons. The number of rotatable bonds is 9. The van der Waals surface area contributed by atoms with Gasteiger partial charge in [-0.1, -0.05) is 0 Å². The Morgan fingerprint density at radius 2 is 1.87 bits per heavy atom. The number of amides is 1. The first-order valence-corrected chi connectivity index (χ1v) is 8.50. The fourth-order valence-electron chi connectivity index (χ4n) is 1.79.